The van der Waals surface area contributed by atoms with Crippen LogP contribution in [0.25, 0.3) is 0 Å². The summed E-state index contributed by atoms with van der Waals surface area (Å²) in [6, 6.07) is -0.426. The van der Waals surface area contributed by atoms with Crippen LogP contribution in [-0.2, 0) is 14.3 Å². The van der Waals surface area contributed by atoms with E-state index in [2.05, 4.69) is 10.1 Å². The molecule has 19 heavy (non-hydrogen) atoms. The maximum Gasteiger partial charge on any atom is 0.408 e. The van der Waals surface area contributed by atoms with E-state index >= 15 is 0 Å². The number of ether oxygens (including phenoxy) is 2. The van der Waals surface area contributed by atoms with Crippen LogP contribution in [0.5, 0.6) is 0 Å². The van der Waals surface area contributed by atoms with Crippen molar-refractivity contribution in [1.82, 2.24) is 5.32 Å². The molecule has 1 unspecified atom stereocenters. The molecule has 1 atom stereocenters. The van der Waals surface area contributed by atoms with E-state index < -0.39 is 17.7 Å². The largest absolute Gasteiger partial charge is 0.469 e. The molecule has 0 spiro atoms. The number of carbonyl (C=O) groups is 2. The molecule has 0 saturated heterocycles. The van der Waals surface area contributed by atoms with Crippen molar-refractivity contribution in [2.75, 3.05) is 7.11 Å². The zero-order chi connectivity index (χ0) is 15.1. The van der Waals surface area contributed by atoms with Gasteiger partial charge in [-0.05, 0) is 26.7 Å². The molecule has 5 heteroatoms. The highest BCUT2D eigenvalue weighted by Gasteiger charge is 2.20. The first-order valence-electron chi connectivity index (χ1n) is 6.38. The van der Waals surface area contributed by atoms with Crippen LogP contribution in [0.4, 0.5) is 4.79 Å². The molecule has 0 aromatic heterocycles. The van der Waals surface area contributed by atoms with Crippen molar-refractivity contribution in [3.8, 4) is 0 Å². The molecule has 0 aliphatic rings. The third kappa shape index (κ3) is 10.1. The average molecular weight is 271 g/mol. The highest BCUT2D eigenvalue weighted by molar-refractivity contribution is 5.73. The second-order valence-electron chi connectivity index (χ2n) is 5.66. The topological polar surface area (TPSA) is 64.6 Å². The quantitative estimate of drug-likeness (QED) is 0.616. The van der Waals surface area contributed by atoms with Crippen LogP contribution in [0.15, 0.2) is 12.2 Å². The Bertz CT molecular complexity index is 329. The minimum atomic E-state index is -0.568. The predicted octanol–water partition coefficient (Wildman–Crippen LogP) is 2.66. The third-order valence-corrected chi connectivity index (χ3v) is 2.04. The summed E-state index contributed by atoms with van der Waals surface area (Å²) in [7, 11) is 1.32. The lowest BCUT2D eigenvalue weighted by atomic mass is 10.1. The smallest absolute Gasteiger partial charge is 0.408 e. The van der Waals surface area contributed by atoms with Crippen LogP contribution in [0.3, 0.4) is 0 Å². The maximum absolute atomic E-state index is 11.7. The molecule has 0 aliphatic heterocycles. The number of esters is 1. The Morgan fingerprint density at radius 3 is 2.21 bits per heavy atom. The van der Waals surface area contributed by atoms with E-state index in [4.69, 9.17) is 4.74 Å². The van der Waals surface area contributed by atoms with Gasteiger partial charge in [0.25, 0.3) is 0 Å². The van der Waals surface area contributed by atoms with E-state index in [-0.39, 0.29) is 12.4 Å². The van der Waals surface area contributed by atoms with Crippen LogP contribution in [0.1, 0.15) is 41.0 Å². The van der Waals surface area contributed by atoms with E-state index in [1.807, 2.05) is 19.9 Å². The molecule has 0 radical (unpaired) electrons. The van der Waals surface area contributed by atoms with Crippen LogP contribution < -0.4 is 5.32 Å². The lowest BCUT2D eigenvalue weighted by Crippen LogP contribution is -2.39. The Kier molecular flexibility index (Phi) is 7.19. The lowest BCUT2D eigenvalue weighted by Gasteiger charge is -2.22. The zero-order valence-corrected chi connectivity index (χ0v) is 12.6. The van der Waals surface area contributed by atoms with Crippen LogP contribution in [0.2, 0.25) is 0 Å². The molecule has 0 aromatic carbocycles. The third-order valence-electron chi connectivity index (χ3n) is 2.04. The Hall–Kier alpha value is -1.52. The van der Waals surface area contributed by atoms with Gasteiger partial charge in [-0.15, -0.1) is 0 Å². The summed E-state index contributed by atoms with van der Waals surface area (Å²) in [5, 5.41) is 2.65. The van der Waals surface area contributed by atoms with Crippen molar-refractivity contribution in [3.63, 3.8) is 0 Å². The van der Waals surface area contributed by atoms with E-state index in [9.17, 15) is 9.59 Å². The van der Waals surface area contributed by atoms with Gasteiger partial charge in [0, 0.05) is 0 Å². The highest BCUT2D eigenvalue weighted by Crippen LogP contribution is 2.08. The van der Waals surface area contributed by atoms with Gasteiger partial charge in [-0.1, -0.05) is 26.0 Å². The van der Waals surface area contributed by atoms with Gasteiger partial charge in [0.1, 0.15) is 5.60 Å². The number of rotatable bonds is 5. The van der Waals surface area contributed by atoms with Gasteiger partial charge in [-0.25, -0.2) is 4.79 Å². The number of hydrogen-bond acceptors (Lipinski definition) is 4. The predicted molar refractivity (Wildman–Crippen MR) is 73.8 cm³/mol. The van der Waals surface area contributed by atoms with Crippen molar-refractivity contribution in [1.29, 1.82) is 0 Å². The highest BCUT2D eigenvalue weighted by atomic mass is 16.6. The monoisotopic (exact) mass is 271 g/mol. The molecule has 1 N–H and O–H groups in total. The summed E-state index contributed by atoms with van der Waals surface area (Å²) in [4.78, 5) is 22.9. The molecule has 1 amide bonds. The molecule has 0 aliphatic carbocycles. The van der Waals surface area contributed by atoms with Crippen molar-refractivity contribution in [3.05, 3.63) is 12.2 Å². The van der Waals surface area contributed by atoms with Gasteiger partial charge in [-0.3, -0.25) is 4.79 Å². The summed E-state index contributed by atoms with van der Waals surface area (Å²) in [5.41, 5.74) is -0.568. The van der Waals surface area contributed by atoms with E-state index in [0.29, 0.717) is 5.92 Å². The number of allylic oxidation sites excluding steroid dienone is 1. The van der Waals surface area contributed by atoms with Gasteiger partial charge in [0.2, 0.25) is 0 Å². The second kappa shape index (κ2) is 7.81. The standard InChI is InChI=1S/C14H25NO4/c1-10(2)7-8-11(9-12(16)18-6)15-13(17)19-14(3,4)5/h7-8,10-11H,9H2,1-6H3,(H,15,17)/b8-7+. The Balaban J connectivity index is 4.57. The summed E-state index contributed by atoms with van der Waals surface area (Å²) >= 11 is 0. The minimum Gasteiger partial charge on any atom is -0.469 e. The van der Waals surface area contributed by atoms with Crippen LogP contribution in [-0.4, -0.2) is 30.8 Å². The summed E-state index contributed by atoms with van der Waals surface area (Å²) in [6.07, 6.45) is 3.24. The molecule has 110 valence electrons. The van der Waals surface area contributed by atoms with Gasteiger partial charge in [-0.2, -0.15) is 0 Å². The molecular weight excluding hydrogens is 246 g/mol. The first-order valence-corrected chi connectivity index (χ1v) is 6.38. The number of nitrogens with one attached hydrogen (secondary N) is 1. The lowest BCUT2D eigenvalue weighted by molar-refractivity contribution is -0.140. The molecule has 0 heterocycles. The molecule has 0 rings (SSSR count). The second-order valence-corrected chi connectivity index (χ2v) is 5.66. The van der Waals surface area contributed by atoms with Crippen molar-refractivity contribution in [2.45, 2.75) is 52.7 Å². The van der Waals surface area contributed by atoms with Crippen LogP contribution >= 0.6 is 0 Å². The Morgan fingerprint density at radius 1 is 1.21 bits per heavy atom. The molecule has 0 aromatic rings. The summed E-state index contributed by atoms with van der Waals surface area (Å²) in [6.45, 7) is 9.38. The summed E-state index contributed by atoms with van der Waals surface area (Å²) in [5.74, 6) is -0.0463. The number of alkyl carbamates (subject to hydrolysis) is 1. The van der Waals surface area contributed by atoms with Gasteiger partial charge < -0.3 is 14.8 Å². The maximum atomic E-state index is 11.7. The fourth-order valence-electron chi connectivity index (χ4n) is 1.25. The number of carbonyl (C=O) groups excluding carboxylic acids is 2. The molecule has 0 fully saturated rings. The van der Waals surface area contributed by atoms with E-state index in [1.165, 1.54) is 7.11 Å². The average Bonchev–Trinajstić information content (AvgIpc) is 2.22. The number of amides is 1. The molecule has 0 bridgehead atoms. The normalized spacial score (nSPS) is 13.4. The zero-order valence-electron chi connectivity index (χ0n) is 12.6. The van der Waals surface area contributed by atoms with Gasteiger partial charge in [0.15, 0.2) is 0 Å². The van der Waals surface area contributed by atoms with E-state index in [1.54, 1.807) is 26.8 Å². The number of hydrogen-bond donors (Lipinski definition) is 1. The molecule has 0 saturated carbocycles. The minimum absolute atomic E-state index is 0.0823. The van der Waals surface area contributed by atoms with Gasteiger partial charge >= 0.3 is 12.1 Å². The Morgan fingerprint density at radius 2 is 1.79 bits per heavy atom. The fraction of sp³-hybridized carbons (Fsp3) is 0.714. The van der Waals surface area contributed by atoms with Crippen LogP contribution in [0, 0.1) is 5.92 Å². The van der Waals surface area contributed by atoms with Crippen molar-refractivity contribution < 1.29 is 19.1 Å². The SMILES string of the molecule is COC(=O)CC(/C=C/C(C)C)NC(=O)OC(C)(C)C. The fourth-order valence-corrected chi connectivity index (χ4v) is 1.25. The number of methoxy groups -OCH3 is 1. The van der Waals surface area contributed by atoms with Crippen molar-refractivity contribution >= 4 is 12.1 Å². The van der Waals surface area contributed by atoms with E-state index in [0.717, 1.165) is 0 Å². The Labute approximate surface area is 115 Å². The van der Waals surface area contributed by atoms with Gasteiger partial charge in [0.05, 0.1) is 19.6 Å². The molecular formula is C14H25NO4. The molecule has 5 nitrogen and oxygen atoms in total. The summed E-state index contributed by atoms with van der Waals surface area (Å²) < 4.78 is 9.76. The first kappa shape index (κ1) is 17.5. The van der Waals surface area contributed by atoms with Crippen molar-refractivity contribution in [2.24, 2.45) is 5.92 Å². The first-order chi connectivity index (χ1) is 8.64.